The Bertz CT molecular complexity index is 572. The molecule has 25 heavy (non-hydrogen) atoms. The van der Waals surface area contributed by atoms with Gasteiger partial charge in [-0.2, -0.15) is 0 Å². The van der Waals surface area contributed by atoms with Crippen LogP contribution in [0.15, 0.2) is 17.4 Å². The SMILES string of the molecule is CN=C(NCc1nccn1CC(C)C)N1CCC(CC(=O)NC)CC1. The summed E-state index contributed by atoms with van der Waals surface area (Å²) in [7, 11) is 3.52. The number of hydrogen-bond donors (Lipinski definition) is 2. The highest BCUT2D eigenvalue weighted by Gasteiger charge is 2.23. The Kier molecular flexibility index (Phi) is 7.28. The minimum Gasteiger partial charge on any atom is -0.359 e. The Morgan fingerprint density at radius 3 is 2.72 bits per heavy atom. The van der Waals surface area contributed by atoms with E-state index < -0.39 is 0 Å². The van der Waals surface area contributed by atoms with Crippen LogP contribution in [0.3, 0.4) is 0 Å². The van der Waals surface area contributed by atoms with Crippen molar-refractivity contribution in [2.24, 2.45) is 16.8 Å². The molecule has 1 aromatic heterocycles. The van der Waals surface area contributed by atoms with Crippen LogP contribution in [0, 0.1) is 11.8 Å². The smallest absolute Gasteiger partial charge is 0.220 e. The van der Waals surface area contributed by atoms with Crippen molar-refractivity contribution in [2.45, 2.75) is 46.2 Å². The molecule has 2 N–H and O–H groups in total. The molecule has 0 aliphatic carbocycles. The summed E-state index contributed by atoms with van der Waals surface area (Å²) in [6.45, 7) is 7.92. The molecule has 1 aliphatic rings. The molecule has 0 radical (unpaired) electrons. The number of imidazole rings is 1. The van der Waals surface area contributed by atoms with E-state index in [1.54, 1.807) is 7.05 Å². The van der Waals surface area contributed by atoms with Crippen LogP contribution in [0.25, 0.3) is 0 Å². The van der Waals surface area contributed by atoms with Crippen LogP contribution in [0.5, 0.6) is 0 Å². The van der Waals surface area contributed by atoms with Crippen LogP contribution in [0.1, 0.15) is 38.9 Å². The monoisotopic (exact) mass is 348 g/mol. The number of aliphatic imine (C=N–C) groups is 1. The lowest BCUT2D eigenvalue weighted by atomic mass is 9.93. The molecule has 0 unspecified atom stereocenters. The molecule has 0 spiro atoms. The van der Waals surface area contributed by atoms with Gasteiger partial charge in [0.25, 0.3) is 0 Å². The predicted molar refractivity (Wildman–Crippen MR) is 100 cm³/mol. The molecule has 1 aliphatic heterocycles. The molecule has 140 valence electrons. The van der Waals surface area contributed by atoms with Gasteiger partial charge in [0.05, 0.1) is 6.54 Å². The maximum absolute atomic E-state index is 11.5. The summed E-state index contributed by atoms with van der Waals surface area (Å²) in [4.78, 5) is 22.7. The topological polar surface area (TPSA) is 74.5 Å². The van der Waals surface area contributed by atoms with Gasteiger partial charge in [0.1, 0.15) is 5.82 Å². The fourth-order valence-electron chi connectivity index (χ4n) is 3.27. The minimum absolute atomic E-state index is 0.137. The van der Waals surface area contributed by atoms with Gasteiger partial charge in [0.2, 0.25) is 5.91 Å². The molecular weight excluding hydrogens is 316 g/mol. The highest BCUT2D eigenvalue weighted by atomic mass is 16.1. The number of carbonyl (C=O) groups excluding carboxylic acids is 1. The Hall–Kier alpha value is -2.05. The maximum atomic E-state index is 11.5. The number of amides is 1. The van der Waals surface area contributed by atoms with Gasteiger partial charge in [-0.15, -0.1) is 0 Å². The molecule has 2 rings (SSSR count). The Balaban J connectivity index is 1.84. The molecule has 2 heterocycles. The number of hydrogen-bond acceptors (Lipinski definition) is 3. The first kappa shape index (κ1) is 19.3. The summed E-state index contributed by atoms with van der Waals surface area (Å²) < 4.78 is 2.19. The largest absolute Gasteiger partial charge is 0.359 e. The lowest BCUT2D eigenvalue weighted by Gasteiger charge is -2.34. The quantitative estimate of drug-likeness (QED) is 0.603. The van der Waals surface area contributed by atoms with Crippen molar-refractivity contribution in [2.75, 3.05) is 27.2 Å². The van der Waals surface area contributed by atoms with Gasteiger partial charge in [0.15, 0.2) is 5.96 Å². The molecule has 0 atom stereocenters. The lowest BCUT2D eigenvalue weighted by molar-refractivity contribution is -0.121. The van der Waals surface area contributed by atoms with Crippen LogP contribution in [-0.4, -0.2) is 53.5 Å². The fraction of sp³-hybridized carbons (Fsp3) is 0.722. The number of piperidine rings is 1. The van der Waals surface area contributed by atoms with Crippen LogP contribution in [0.2, 0.25) is 0 Å². The summed E-state index contributed by atoms with van der Waals surface area (Å²) in [5.41, 5.74) is 0. The second-order valence-electron chi connectivity index (χ2n) is 7.10. The Labute approximate surface area is 150 Å². The van der Waals surface area contributed by atoms with E-state index in [0.29, 0.717) is 24.8 Å². The molecule has 1 saturated heterocycles. The number of likely N-dealkylation sites (tertiary alicyclic amines) is 1. The fourth-order valence-corrected chi connectivity index (χ4v) is 3.27. The van der Waals surface area contributed by atoms with Crippen LogP contribution >= 0.6 is 0 Å². The van der Waals surface area contributed by atoms with Gasteiger partial charge in [-0.25, -0.2) is 4.98 Å². The first-order valence-corrected chi connectivity index (χ1v) is 9.19. The Morgan fingerprint density at radius 1 is 1.40 bits per heavy atom. The highest BCUT2D eigenvalue weighted by Crippen LogP contribution is 2.20. The lowest BCUT2D eigenvalue weighted by Crippen LogP contribution is -2.46. The third kappa shape index (κ3) is 5.76. The Morgan fingerprint density at radius 2 is 2.12 bits per heavy atom. The van der Waals surface area contributed by atoms with Crippen LogP contribution in [0.4, 0.5) is 0 Å². The summed E-state index contributed by atoms with van der Waals surface area (Å²) in [6, 6.07) is 0. The molecule has 1 fully saturated rings. The molecule has 0 saturated carbocycles. The van der Waals surface area contributed by atoms with Gasteiger partial charge >= 0.3 is 0 Å². The number of carbonyl (C=O) groups is 1. The van der Waals surface area contributed by atoms with Gasteiger partial charge in [0, 0.05) is 52.5 Å². The zero-order valence-electron chi connectivity index (χ0n) is 16.0. The number of rotatable bonds is 6. The van der Waals surface area contributed by atoms with Crippen molar-refractivity contribution < 1.29 is 4.79 Å². The predicted octanol–water partition coefficient (Wildman–Crippen LogP) is 1.46. The van der Waals surface area contributed by atoms with E-state index in [9.17, 15) is 4.79 Å². The van der Waals surface area contributed by atoms with Gasteiger partial charge in [-0.1, -0.05) is 13.8 Å². The summed E-state index contributed by atoms with van der Waals surface area (Å²) in [6.07, 6.45) is 6.56. The van der Waals surface area contributed by atoms with Crippen LogP contribution < -0.4 is 10.6 Å². The second-order valence-corrected chi connectivity index (χ2v) is 7.10. The molecule has 7 heteroatoms. The first-order chi connectivity index (χ1) is 12.0. The minimum atomic E-state index is 0.137. The third-order valence-corrected chi connectivity index (χ3v) is 4.65. The van der Waals surface area contributed by atoms with Crippen LogP contribution in [-0.2, 0) is 17.9 Å². The standard InChI is InChI=1S/C18H32N6O/c1-14(2)13-24-10-7-21-16(24)12-22-18(20-4)23-8-5-15(6-9-23)11-17(25)19-3/h7,10,14-15H,5-6,8-9,11-13H2,1-4H3,(H,19,25)(H,20,22). The molecular formula is C18H32N6O. The molecule has 0 bridgehead atoms. The van der Waals surface area contributed by atoms with Crippen molar-refractivity contribution in [3.63, 3.8) is 0 Å². The number of guanidine groups is 1. The summed E-state index contributed by atoms with van der Waals surface area (Å²) in [5, 5.41) is 6.15. The first-order valence-electron chi connectivity index (χ1n) is 9.19. The van der Waals surface area contributed by atoms with Gasteiger partial charge < -0.3 is 20.1 Å². The van der Waals surface area contributed by atoms with Crippen molar-refractivity contribution in [1.29, 1.82) is 0 Å². The van der Waals surface area contributed by atoms with E-state index in [4.69, 9.17) is 0 Å². The molecule has 1 amide bonds. The average molecular weight is 348 g/mol. The van der Waals surface area contributed by atoms with Gasteiger partial charge in [-0.3, -0.25) is 9.79 Å². The second kappa shape index (κ2) is 9.44. The zero-order chi connectivity index (χ0) is 18.2. The van der Waals surface area contributed by atoms with E-state index in [2.05, 4.69) is 43.9 Å². The normalized spacial score (nSPS) is 16.4. The number of aromatic nitrogens is 2. The average Bonchev–Trinajstić information content (AvgIpc) is 3.03. The molecule has 7 nitrogen and oxygen atoms in total. The van der Waals surface area contributed by atoms with Crippen molar-refractivity contribution in [3.8, 4) is 0 Å². The zero-order valence-corrected chi connectivity index (χ0v) is 16.0. The van der Waals surface area contributed by atoms with Gasteiger partial charge in [-0.05, 0) is 24.7 Å². The molecule has 0 aromatic carbocycles. The molecule has 1 aromatic rings. The highest BCUT2D eigenvalue weighted by molar-refractivity contribution is 5.80. The summed E-state index contributed by atoms with van der Waals surface area (Å²) >= 11 is 0. The van der Waals surface area contributed by atoms with E-state index in [1.165, 1.54) is 0 Å². The van der Waals surface area contributed by atoms with Crippen molar-refractivity contribution in [3.05, 3.63) is 18.2 Å². The van der Waals surface area contributed by atoms with Crippen molar-refractivity contribution in [1.82, 2.24) is 25.1 Å². The van der Waals surface area contributed by atoms with Crippen molar-refractivity contribution >= 4 is 11.9 Å². The third-order valence-electron chi connectivity index (χ3n) is 4.65. The number of nitrogens with one attached hydrogen (secondary N) is 2. The van der Waals surface area contributed by atoms with E-state index in [0.717, 1.165) is 44.3 Å². The van der Waals surface area contributed by atoms with E-state index in [-0.39, 0.29) is 5.91 Å². The number of nitrogens with zero attached hydrogens (tertiary/aromatic N) is 4. The van der Waals surface area contributed by atoms with E-state index >= 15 is 0 Å². The van der Waals surface area contributed by atoms with E-state index in [1.807, 2.05) is 19.4 Å². The summed E-state index contributed by atoms with van der Waals surface area (Å²) in [5.74, 6) is 3.14. The maximum Gasteiger partial charge on any atom is 0.220 e.